The smallest absolute Gasteiger partial charge is 0.339 e. The summed E-state index contributed by atoms with van der Waals surface area (Å²) in [5, 5.41) is 2.26. The molecule has 214 valence electrons. The molecule has 4 saturated carbocycles. The molecule has 2 aromatic rings. The van der Waals surface area contributed by atoms with Crippen molar-refractivity contribution in [2.45, 2.75) is 43.9 Å². The number of ether oxygens (including phenoxy) is 2. The molecule has 5 fully saturated rings. The molecular weight excluding hydrogens is 564 g/mol. The van der Waals surface area contributed by atoms with Crippen molar-refractivity contribution in [3.05, 3.63) is 63.0 Å². The second-order valence-corrected chi connectivity index (χ2v) is 13.1. The summed E-state index contributed by atoms with van der Waals surface area (Å²) in [5.74, 6) is 1.26. The summed E-state index contributed by atoms with van der Waals surface area (Å²) in [6.45, 7) is -0.470. The fourth-order valence-corrected chi connectivity index (χ4v) is 8.66. The minimum absolute atomic E-state index is 0.0887. The summed E-state index contributed by atoms with van der Waals surface area (Å²) in [7, 11) is 2.82. The van der Waals surface area contributed by atoms with E-state index in [0.717, 1.165) is 40.0 Å². The number of carbonyl (C=O) groups excluding carboxylic acids is 4. The van der Waals surface area contributed by atoms with Gasteiger partial charge in [-0.25, -0.2) is 4.79 Å². The second kappa shape index (κ2) is 10.8. The number of methoxy groups -OCH3 is 2. The van der Waals surface area contributed by atoms with E-state index in [1.54, 1.807) is 13.2 Å². The Morgan fingerprint density at radius 2 is 1.73 bits per heavy atom. The van der Waals surface area contributed by atoms with Gasteiger partial charge in [-0.2, -0.15) is 0 Å². The van der Waals surface area contributed by atoms with E-state index in [1.807, 2.05) is 6.07 Å². The number of nitrogens with zero attached hydrogens (tertiary/aromatic N) is 1. The first-order valence-electron chi connectivity index (χ1n) is 13.8. The van der Waals surface area contributed by atoms with Crippen molar-refractivity contribution < 1.29 is 28.7 Å². The van der Waals surface area contributed by atoms with Crippen molar-refractivity contribution in [2.75, 3.05) is 26.1 Å². The highest BCUT2D eigenvalue weighted by Crippen LogP contribution is 2.61. The highest BCUT2D eigenvalue weighted by atomic mass is 35.5. The minimum atomic E-state index is -0.648. The van der Waals surface area contributed by atoms with E-state index < -0.39 is 29.6 Å². The molecule has 7 rings (SSSR count). The second-order valence-electron chi connectivity index (χ2n) is 11.7. The van der Waals surface area contributed by atoms with Gasteiger partial charge in [0.1, 0.15) is 12.3 Å². The van der Waals surface area contributed by atoms with Crippen LogP contribution < -0.4 is 10.1 Å². The Kier molecular flexibility index (Phi) is 7.36. The Morgan fingerprint density at radius 1 is 1.05 bits per heavy atom. The molecule has 0 unspecified atom stereocenters. The first-order chi connectivity index (χ1) is 19.7. The maximum absolute atomic E-state index is 13.3. The van der Waals surface area contributed by atoms with Crippen LogP contribution in [0.15, 0.2) is 41.3 Å². The van der Waals surface area contributed by atoms with Gasteiger partial charge < -0.3 is 14.8 Å². The standard InChI is InChI=1S/C31H31ClN2O6S/c1-39-25-6-3-21(31-13-17-7-18(14-31)9-19(8-17)15-31)10-20(25)11-26-28(36)34(30(38)41-26)16-27(35)33-22-4-5-24(32)23(12-22)29(37)40-2/h3-6,10-12,17-19H,7-9,13-16H2,1-2H3,(H,33,35)/b26-11+. The van der Waals surface area contributed by atoms with Gasteiger partial charge in [-0.05, 0) is 115 Å². The first-order valence-corrected chi connectivity index (χ1v) is 15.0. The predicted molar refractivity (Wildman–Crippen MR) is 157 cm³/mol. The molecule has 0 atom stereocenters. The Labute approximate surface area is 247 Å². The van der Waals surface area contributed by atoms with Gasteiger partial charge in [0.25, 0.3) is 11.1 Å². The summed E-state index contributed by atoms with van der Waals surface area (Å²) < 4.78 is 10.3. The fourth-order valence-electron chi connectivity index (χ4n) is 7.63. The molecule has 1 heterocycles. The molecule has 4 aliphatic carbocycles. The molecule has 0 radical (unpaired) electrons. The number of benzene rings is 2. The average molecular weight is 595 g/mol. The molecule has 1 aliphatic heterocycles. The van der Waals surface area contributed by atoms with E-state index in [0.29, 0.717) is 5.75 Å². The van der Waals surface area contributed by atoms with Gasteiger partial charge in [0.15, 0.2) is 0 Å². The molecule has 2 aromatic carbocycles. The Balaban J connectivity index is 1.20. The third-order valence-electron chi connectivity index (χ3n) is 9.00. The SMILES string of the molecule is COC(=O)c1cc(NC(=O)CN2C(=O)S/C(=C/c3cc(C45CC6CC(CC(C6)C4)C5)ccc3OC)C2=O)ccc1Cl. The van der Waals surface area contributed by atoms with Gasteiger partial charge in [0.2, 0.25) is 5.91 Å². The lowest BCUT2D eigenvalue weighted by Gasteiger charge is -2.57. The Bertz CT molecular complexity index is 1450. The zero-order valence-electron chi connectivity index (χ0n) is 22.9. The first kappa shape index (κ1) is 27.8. The minimum Gasteiger partial charge on any atom is -0.496 e. The van der Waals surface area contributed by atoms with Crippen LogP contribution in [0.5, 0.6) is 5.75 Å². The lowest BCUT2D eigenvalue weighted by molar-refractivity contribution is -0.127. The normalized spacial score (nSPS) is 27.4. The molecular formula is C31H31ClN2O6S. The Morgan fingerprint density at radius 3 is 2.37 bits per heavy atom. The van der Waals surface area contributed by atoms with Crippen molar-refractivity contribution in [1.82, 2.24) is 4.90 Å². The van der Waals surface area contributed by atoms with E-state index in [2.05, 4.69) is 17.4 Å². The van der Waals surface area contributed by atoms with Gasteiger partial charge in [0, 0.05) is 11.3 Å². The van der Waals surface area contributed by atoms with Crippen LogP contribution in [0, 0.1) is 17.8 Å². The lowest BCUT2D eigenvalue weighted by Crippen LogP contribution is -2.48. The van der Waals surface area contributed by atoms with Crippen molar-refractivity contribution >= 4 is 58.1 Å². The maximum Gasteiger partial charge on any atom is 0.339 e. The van der Waals surface area contributed by atoms with Crippen molar-refractivity contribution in [3.8, 4) is 5.75 Å². The van der Waals surface area contributed by atoms with Crippen LogP contribution in [0.2, 0.25) is 5.02 Å². The Hall–Kier alpha value is -3.30. The van der Waals surface area contributed by atoms with Gasteiger partial charge in [0.05, 0.1) is 29.7 Å². The van der Waals surface area contributed by atoms with E-state index >= 15 is 0 Å². The van der Waals surface area contributed by atoms with E-state index in [4.69, 9.17) is 21.1 Å². The summed E-state index contributed by atoms with van der Waals surface area (Å²) in [4.78, 5) is 51.9. The third kappa shape index (κ3) is 5.26. The van der Waals surface area contributed by atoms with Crippen molar-refractivity contribution in [2.24, 2.45) is 17.8 Å². The molecule has 1 N–H and O–H groups in total. The molecule has 0 spiro atoms. The van der Waals surface area contributed by atoms with Crippen LogP contribution in [0.3, 0.4) is 0 Å². The zero-order chi connectivity index (χ0) is 28.9. The van der Waals surface area contributed by atoms with Gasteiger partial charge in [-0.3, -0.25) is 19.3 Å². The van der Waals surface area contributed by atoms with Crippen LogP contribution in [-0.4, -0.2) is 48.7 Å². The van der Waals surface area contributed by atoms with Crippen LogP contribution in [0.4, 0.5) is 10.5 Å². The van der Waals surface area contributed by atoms with E-state index in [1.165, 1.54) is 69.4 Å². The molecule has 1 saturated heterocycles. The number of halogens is 1. The summed E-state index contributed by atoms with van der Waals surface area (Å²) in [6.07, 6.45) is 9.41. The molecule has 41 heavy (non-hydrogen) atoms. The summed E-state index contributed by atoms with van der Waals surface area (Å²) >= 11 is 6.85. The monoisotopic (exact) mass is 594 g/mol. The maximum atomic E-state index is 13.3. The number of hydrogen-bond donors (Lipinski definition) is 1. The molecule has 5 aliphatic rings. The highest BCUT2D eigenvalue weighted by molar-refractivity contribution is 8.18. The van der Waals surface area contributed by atoms with Crippen LogP contribution in [0.1, 0.15) is 60.0 Å². The summed E-state index contributed by atoms with van der Waals surface area (Å²) in [5.41, 5.74) is 2.60. The van der Waals surface area contributed by atoms with E-state index in [9.17, 15) is 19.2 Å². The summed E-state index contributed by atoms with van der Waals surface area (Å²) in [6, 6.07) is 10.6. The van der Waals surface area contributed by atoms with Gasteiger partial charge in [-0.1, -0.05) is 17.7 Å². The quantitative estimate of drug-likeness (QED) is 0.297. The molecule has 10 heteroatoms. The van der Waals surface area contributed by atoms with Crippen LogP contribution >= 0.6 is 23.4 Å². The predicted octanol–water partition coefficient (Wildman–Crippen LogP) is 6.28. The van der Waals surface area contributed by atoms with Crippen molar-refractivity contribution in [1.29, 1.82) is 0 Å². The molecule has 0 aromatic heterocycles. The zero-order valence-corrected chi connectivity index (χ0v) is 24.5. The lowest BCUT2D eigenvalue weighted by atomic mass is 9.48. The number of imide groups is 1. The number of carbonyl (C=O) groups is 4. The topological polar surface area (TPSA) is 102 Å². The van der Waals surface area contributed by atoms with Crippen LogP contribution in [0.25, 0.3) is 6.08 Å². The largest absolute Gasteiger partial charge is 0.496 e. The number of thioether (sulfide) groups is 1. The highest BCUT2D eigenvalue weighted by Gasteiger charge is 2.51. The molecule has 4 bridgehead atoms. The molecule has 8 nitrogen and oxygen atoms in total. The number of amides is 3. The van der Waals surface area contributed by atoms with Crippen molar-refractivity contribution in [3.63, 3.8) is 0 Å². The third-order valence-corrected chi connectivity index (χ3v) is 10.2. The number of rotatable bonds is 7. The number of nitrogens with one attached hydrogen (secondary N) is 1. The molecule has 3 amide bonds. The average Bonchev–Trinajstić information content (AvgIpc) is 3.20. The van der Waals surface area contributed by atoms with Gasteiger partial charge >= 0.3 is 5.97 Å². The number of esters is 1. The fraction of sp³-hybridized carbons (Fsp3) is 0.419. The van der Waals surface area contributed by atoms with Gasteiger partial charge in [-0.15, -0.1) is 0 Å². The number of hydrogen-bond acceptors (Lipinski definition) is 7. The number of anilines is 1. The van der Waals surface area contributed by atoms with E-state index in [-0.39, 0.29) is 26.6 Å². The van der Waals surface area contributed by atoms with Crippen LogP contribution in [-0.2, 0) is 19.7 Å².